The van der Waals surface area contributed by atoms with Gasteiger partial charge in [-0.25, -0.2) is 4.98 Å². The van der Waals surface area contributed by atoms with Gasteiger partial charge in [0.25, 0.3) is 0 Å². The van der Waals surface area contributed by atoms with E-state index in [1.165, 1.54) is 0 Å². The zero-order valence-corrected chi connectivity index (χ0v) is 11.3. The summed E-state index contributed by atoms with van der Waals surface area (Å²) in [5, 5.41) is 0. The molecule has 1 aliphatic heterocycles. The normalized spacial score (nSPS) is 13.0. The van der Waals surface area contributed by atoms with Crippen LogP contribution in [0.5, 0.6) is 11.5 Å². The van der Waals surface area contributed by atoms with E-state index in [-0.39, 0.29) is 6.79 Å². The number of ether oxygens (including phenoxy) is 2. The summed E-state index contributed by atoms with van der Waals surface area (Å²) in [5.74, 6) is 2.37. The molecule has 0 bridgehead atoms. The number of nitrogens with zero attached hydrogens (tertiary/aromatic N) is 3. The number of rotatable bonds is 3. The average Bonchev–Trinajstić information content (AvgIpc) is 3.11. The standard InChI is InChI=1S/C15H14N4O2/c16-3-6-19-12-8-14-13(20-9-21-14)7-11(12)18-15(19)10-1-4-17-5-2-10/h1-2,4-5,7-8H,3,6,9,16H2. The van der Waals surface area contributed by atoms with Crippen LogP contribution in [0.15, 0.2) is 36.7 Å². The van der Waals surface area contributed by atoms with E-state index in [1.54, 1.807) is 12.4 Å². The molecule has 1 aliphatic rings. The highest BCUT2D eigenvalue weighted by atomic mass is 16.7. The molecular formula is C15H14N4O2. The van der Waals surface area contributed by atoms with Crippen LogP contribution in [0.3, 0.4) is 0 Å². The van der Waals surface area contributed by atoms with Crippen LogP contribution >= 0.6 is 0 Å². The summed E-state index contributed by atoms with van der Waals surface area (Å²) in [6, 6.07) is 7.75. The fourth-order valence-corrected chi connectivity index (χ4v) is 2.59. The van der Waals surface area contributed by atoms with Crippen molar-refractivity contribution >= 4 is 11.0 Å². The number of pyridine rings is 1. The monoisotopic (exact) mass is 282 g/mol. The molecule has 0 amide bonds. The van der Waals surface area contributed by atoms with Gasteiger partial charge in [-0.1, -0.05) is 0 Å². The van der Waals surface area contributed by atoms with Crippen LogP contribution in [0.4, 0.5) is 0 Å². The van der Waals surface area contributed by atoms with E-state index in [1.807, 2.05) is 24.3 Å². The molecule has 6 nitrogen and oxygen atoms in total. The van der Waals surface area contributed by atoms with Crippen LogP contribution in [0.25, 0.3) is 22.4 Å². The number of imidazole rings is 1. The SMILES string of the molecule is NCCn1c(-c2ccncc2)nc2cc3c(cc21)OCO3. The van der Waals surface area contributed by atoms with Crippen molar-refractivity contribution in [1.29, 1.82) is 0 Å². The smallest absolute Gasteiger partial charge is 0.231 e. The van der Waals surface area contributed by atoms with Crippen molar-refractivity contribution in [2.45, 2.75) is 6.54 Å². The second kappa shape index (κ2) is 4.75. The van der Waals surface area contributed by atoms with Crippen LogP contribution < -0.4 is 15.2 Å². The fourth-order valence-electron chi connectivity index (χ4n) is 2.59. The van der Waals surface area contributed by atoms with Gasteiger partial charge in [-0.3, -0.25) is 4.98 Å². The van der Waals surface area contributed by atoms with Gasteiger partial charge in [-0.15, -0.1) is 0 Å². The van der Waals surface area contributed by atoms with Crippen molar-refractivity contribution in [2.75, 3.05) is 13.3 Å². The molecule has 0 radical (unpaired) electrons. The van der Waals surface area contributed by atoms with E-state index in [4.69, 9.17) is 20.2 Å². The third-order valence-electron chi connectivity index (χ3n) is 3.53. The number of hydrogen-bond acceptors (Lipinski definition) is 5. The lowest BCUT2D eigenvalue weighted by molar-refractivity contribution is 0.174. The fraction of sp³-hybridized carbons (Fsp3) is 0.200. The van der Waals surface area contributed by atoms with Crippen molar-refractivity contribution in [3.8, 4) is 22.9 Å². The summed E-state index contributed by atoms with van der Waals surface area (Å²) in [6.07, 6.45) is 3.52. The van der Waals surface area contributed by atoms with Gasteiger partial charge in [0.05, 0.1) is 11.0 Å². The summed E-state index contributed by atoms with van der Waals surface area (Å²) < 4.78 is 13.0. The van der Waals surface area contributed by atoms with Gasteiger partial charge in [0, 0.05) is 43.2 Å². The van der Waals surface area contributed by atoms with Gasteiger partial charge in [0.15, 0.2) is 11.5 Å². The molecule has 1 aromatic carbocycles. The van der Waals surface area contributed by atoms with Gasteiger partial charge < -0.3 is 19.8 Å². The molecule has 0 saturated carbocycles. The summed E-state index contributed by atoms with van der Waals surface area (Å²) in [7, 11) is 0. The lowest BCUT2D eigenvalue weighted by atomic mass is 10.2. The lowest BCUT2D eigenvalue weighted by Crippen LogP contribution is -2.10. The van der Waals surface area contributed by atoms with Gasteiger partial charge in [-0.2, -0.15) is 0 Å². The maximum absolute atomic E-state index is 5.75. The van der Waals surface area contributed by atoms with Crippen molar-refractivity contribution in [3.05, 3.63) is 36.7 Å². The first-order chi connectivity index (χ1) is 10.4. The Hall–Kier alpha value is -2.60. The van der Waals surface area contributed by atoms with Gasteiger partial charge in [0.2, 0.25) is 6.79 Å². The molecule has 2 N–H and O–H groups in total. The number of fused-ring (bicyclic) bond motifs is 2. The Morgan fingerprint density at radius 1 is 1.14 bits per heavy atom. The van der Waals surface area contributed by atoms with Gasteiger partial charge in [-0.05, 0) is 12.1 Å². The third kappa shape index (κ3) is 1.92. The molecule has 3 heterocycles. The molecule has 21 heavy (non-hydrogen) atoms. The highest BCUT2D eigenvalue weighted by molar-refractivity contribution is 5.84. The second-order valence-electron chi connectivity index (χ2n) is 4.81. The molecule has 0 aliphatic carbocycles. The highest BCUT2D eigenvalue weighted by Crippen LogP contribution is 2.37. The van der Waals surface area contributed by atoms with Crippen molar-refractivity contribution in [3.63, 3.8) is 0 Å². The molecule has 106 valence electrons. The number of nitrogens with two attached hydrogens (primary N) is 1. The summed E-state index contributed by atoms with van der Waals surface area (Å²) in [5.41, 5.74) is 8.64. The molecule has 0 spiro atoms. The maximum Gasteiger partial charge on any atom is 0.231 e. The van der Waals surface area contributed by atoms with Crippen molar-refractivity contribution in [1.82, 2.24) is 14.5 Å². The average molecular weight is 282 g/mol. The first kappa shape index (κ1) is 12.2. The van der Waals surface area contributed by atoms with Crippen molar-refractivity contribution < 1.29 is 9.47 Å². The largest absolute Gasteiger partial charge is 0.454 e. The molecule has 0 saturated heterocycles. The van der Waals surface area contributed by atoms with E-state index in [0.717, 1.165) is 33.9 Å². The molecule has 2 aromatic heterocycles. The number of benzene rings is 1. The Kier molecular flexibility index (Phi) is 2.75. The number of hydrogen-bond donors (Lipinski definition) is 1. The molecule has 6 heteroatoms. The van der Waals surface area contributed by atoms with E-state index in [2.05, 4.69) is 9.55 Å². The zero-order chi connectivity index (χ0) is 14.2. The highest BCUT2D eigenvalue weighted by Gasteiger charge is 2.19. The summed E-state index contributed by atoms with van der Waals surface area (Å²) >= 11 is 0. The molecular weight excluding hydrogens is 268 g/mol. The van der Waals surface area contributed by atoms with Gasteiger partial charge >= 0.3 is 0 Å². The predicted molar refractivity (Wildman–Crippen MR) is 78.1 cm³/mol. The Balaban J connectivity index is 1.96. The molecule has 4 rings (SSSR count). The molecule has 0 atom stereocenters. The zero-order valence-electron chi connectivity index (χ0n) is 11.3. The van der Waals surface area contributed by atoms with E-state index in [9.17, 15) is 0 Å². The maximum atomic E-state index is 5.75. The van der Waals surface area contributed by atoms with E-state index < -0.39 is 0 Å². The first-order valence-electron chi connectivity index (χ1n) is 6.77. The Morgan fingerprint density at radius 2 is 1.90 bits per heavy atom. The van der Waals surface area contributed by atoms with Crippen molar-refractivity contribution in [2.24, 2.45) is 5.73 Å². The quantitative estimate of drug-likeness (QED) is 0.792. The Labute approximate surface area is 121 Å². The summed E-state index contributed by atoms with van der Waals surface area (Å²) in [6.45, 7) is 1.49. The van der Waals surface area contributed by atoms with Crippen LogP contribution in [0.1, 0.15) is 0 Å². The predicted octanol–water partition coefficient (Wildman–Crippen LogP) is 1.79. The minimum Gasteiger partial charge on any atom is -0.454 e. The first-order valence-corrected chi connectivity index (χ1v) is 6.77. The van der Waals surface area contributed by atoms with E-state index >= 15 is 0 Å². The van der Waals surface area contributed by atoms with Gasteiger partial charge in [0.1, 0.15) is 5.82 Å². The van der Waals surface area contributed by atoms with E-state index in [0.29, 0.717) is 13.1 Å². The van der Waals surface area contributed by atoms with Crippen LogP contribution in [0, 0.1) is 0 Å². The lowest BCUT2D eigenvalue weighted by Gasteiger charge is -2.07. The second-order valence-corrected chi connectivity index (χ2v) is 4.81. The van der Waals surface area contributed by atoms with Crippen LogP contribution in [-0.2, 0) is 6.54 Å². The van der Waals surface area contributed by atoms with Crippen LogP contribution in [-0.4, -0.2) is 27.9 Å². The summed E-state index contributed by atoms with van der Waals surface area (Å²) in [4.78, 5) is 8.77. The number of aromatic nitrogens is 3. The molecule has 0 fully saturated rings. The minimum absolute atomic E-state index is 0.260. The Morgan fingerprint density at radius 3 is 2.67 bits per heavy atom. The third-order valence-corrected chi connectivity index (χ3v) is 3.53. The Bertz CT molecular complexity index is 798. The minimum atomic E-state index is 0.260. The molecule has 0 unspecified atom stereocenters. The topological polar surface area (TPSA) is 75.2 Å². The van der Waals surface area contributed by atoms with Crippen LogP contribution in [0.2, 0.25) is 0 Å². The molecule has 3 aromatic rings.